The van der Waals surface area contributed by atoms with Gasteiger partial charge in [0, 0.05) is 5.69 Å². The van der Waals surface area contributed by atoms with E-state index < -0.39 is 0 Å². The Bertz CT molecular complexity index is 903. The van der Waals surface area contributed by atoms with Gasteiger partial charge in [-0.25, -0.2) is 9.37 Å². The molecule has 1 aromatic heterocycles. The molecular formula is C21H20FN3O. The Kier molecular flexibility index (Phi) is 5.27. The summed E-state index contributed by atoms with van der Waals surface area (Å²) in [5.41, 5.74) is 4.53. The first-order valence-corrected chi connectivity index (χ1v) is 8.35. The average molecular weight is 349 g/mol. The van der Waals surface area contributed by atoms with Crippen LogP contribution in [0, 0.1) is 19.7 Å². The maximum atomic E-state index is 13.2. The largest absolute Gasteiger partial charge is 0.340 e. The topological polar surface area (TPSA) is 54.0 Å². The first-order valence-electron chi connectivity index (χ1n) is 8.35. The number of hydrogen-bond acceptors (Lipinski definition) is 3. The molecule has 3 aromatic rings. The van der Waals surface area contributed by atoms with Crippen LogP contribution in [0.3, 0.4) is 0 Å². The molecule has 5 heteroatoms. The van der Waals surface area contributed by atoms with Crippen molar-refractivity contribution in [1.29, 1.82) is 0 Å². The smallest absolute Gasteiger partial charge is 0.228 e. The predicted octanol–water partition coefficient (Wildman–Crippen LogP) is 4.76. The Morgan fingerprint density at radius 1 is 1.04 bits per heavy atom. The second kappa shape index (κ2) is 7.78. The van der Waals surface area contributed by atoms with E-state index in [9.17, 15) is 9.18 Å². The van der Waals surface area contributed by atoms with Crippen LogP contribution in [0.5, 0.6) is 0 Å². The summed E-state index contributed by atoms with van der Waals surface area (Å²) in [6, 6.07) is 15.7. The van der Waals surface area contributed by atoms with Crippen LogP contribution in [-0.4, -0.2) is 10.9 Å². The number of nitrogens with zero attached hydrogens (tertiary/aromatic N) is 1. The zero-order chi connectivity index (χ0) is 18.5. The Morgan fingerprint density at radius 2 is 1.77 bits per heavy atom. The number of carbonyl (C=O) groups is 1. The molecule has 0 aliphatic heterocycles. The lowest BCUT2D eigenvalue weighted by Crippen LogP contribution is -2.14. The lowest BCUT2D eigenvalue weighted by atomic mass is 10.1. The summed E-state index contributed by atoms with van der Waals surface area (Å²) in [6.07, 6.45) is 1.71. The standard InChI is InChI=1S/C21H20FN3O/c1-14-5-3-6-15(2)21(14)25-19-10-9-18(13-23-19)24-20(26)12-16-7-4-8-17(22)11-16/h3-11,13H,12H2,1-2H3,(H,23,25)(H,24,26). The van der Waals surface area contributed by atoms with Gasteiger partial charge in [-0.2, -0.15) is 0 Å². The molecule has 4 nitrogen and oxygen atoms in total. The minimum atomic E-state index is -0.348. The van der Waals surface area contributed by atoms with E-state index in [0.29, 0.717) is 17.1 Å². The summed E-state index contributed by atoms with van der Waals surface area (Å²) in [5.74, 6) is 0.136. The van der Waals surface area contributed by atoms with Gasteiger partial charge in [-0.05, 0) is 54.8 Å². The van der Waals surface area contributed by atoms with Crippen molar-refractivity contribution in [2.75, 3.05) is 10.6 Å². The molecule has 0 fully saturated rings. The maximum absolute atomic E-state index is 13.2. The first-order chi connectivity index (χ1) is 12.5. The van der Waals surface area contributed by atoms with Gasteiger partial charge in [0.2, 0.25) is 5.91 Å². The van der Waals surface area contributed by atoms with E-state index in [1.165, 1.54) is 12.1 Å². The number of pyridine rings is 1. The number of aryl methyl sites for hydroxylation is 2. The molecule has 2 aromatic carbocycles. The zero-order valence-electron chi connectivity index (χ0n) is 14.7. The van der Waals surface area contributed by atoms with Gasteiger partial charge >= 0.3 is 0 Å². The molecule has 0 saturated heterocycles. The monoisotopic (exact) mass is 349 g/mol. The van der Waals surface area contributed by atoms with E-state index in [1.54, 1.807) is 24.4 Å². The van der Waals surface area contributed by atoms with Crippen LogP contribution in [0.1, 0.15) is 16.7 Å². The first kappa shape index (κ1) is 17.6. The van der Waals surface area contributed by atoms with Crippen molar-refractivity contribution < 1.29 is 9.18 Å². The molecule has 0 atom stereocenters. The van der Waals surface area contributed by atoms with E-state index in [2.05, 4.69) is 15.6 Å². The molecule has 0 unspecified atom stereocenters. The number of carbonyl (C=O) groups excluding carboxylic acids is 1. The molecule has 1 heterocycles. The van der Waals surface area contributed by atoms with E-state index in [-0.39, 0.29) is 18.1 Å². The van der Waals surface area contributed by atoms with Crippen LogP contribution in [0.4, 0.5) is 21.6 Å². The van der Waals surface area contributed by atoms with E-state index in [1.807, 2.05) is 38.1 Å². The molecule has 0 aliphatic rings. The maximum Gasteiger partial charge on any atom is 0.228 e. The molecule has 0 radical (unpaired) electrons. The lowest BCUT2D eigenvalue weighted by Gasteiger charge is -2.12. The highest BCUT2D eigenvalue weighted by Gasteiger charge is 2.07. The summed E-state index contributed by atoms with van der Waals surface area (Å²) >= 11 is 0. The molecule has 1 amide bonds. The number of para-hydroxylation sites is 1. The van der Waals surface area contributed by atoms with Crippen molar-refractivity contribution in [3.63, 3.8) is 0 Å². The van der Waals surface area contributed by atoms with Gasteiger partial charge in [-0.15, -0.1) is 0 Å². The van der Waals surface area contributed by atoms with Gasteiger partial charge in [0.05, 0.1) is 18.3 Å². The number of halogens is 1. The molecule has 3 rings (SSSR count). The third kappa shape index (κ3) is 4.45. The Morgan fingerprint density at radius 3 is 2.42 bits per heavy atom. The number of anilines is 3. The Labute approximate surface area is 152 Å². The van der Waals surface area contributed by atoms with Crippen LogP contribution < -0.4 is 10.6 Å². The third-order valence-electron chi connectivity index (χ3n) is 4.04. The predicted molar refractivity (Wildman–Crippen MR) is 102 cm³/mol. The minimum Gasteiger partial charge on any atom is -0.340 e. The molecule has 0 spiro atoms. The average Bonchev–Trinajstić information content (AvgIpc) is 2.60. The summed E-state index contributed by atoms with van der Waals surface area (Å²) in [4.78, 5) is 16.4. The molecular weight excluding hydrogens is 329 g/mol. The van der Waals surface area contributed by atoms with Crippen molar-refractivity contribution in [3.05, 3.63) is 83.3 Å². The van der Waals surface area contributed by atoms with Crippen LogP contribution >= 0.6 is 0 Å². The van der Waals surface area contributed by atoms with Crippen molar-refractivity contribution in [2.24, 2.45) is 0 Å². The number of aromatic nitrogens is 1. The summed E-state index contributed by atoms with van der Waals surface area (Å²) in [6.45, 7) is 4.08. The van der Waals surface area contributed by atoms with Gasteiger partial charge in [0.25, 0.3) is 0 Å². The van der Waals surface area contributed by atoms with Crippen LogP contribution in [0.2, 0.25) is 0 Å². The molecule has 0 aliphatic carbocycles. The fraction of sp³-hybridized carbons (Fsp3) is 0.143. The van der Waals surface area contributed by atoms with Crippen molar-refractivity contribution in [1.82, 2.24) is 4.98 Å². The molecule has 0 saturated carbocycles. The quantitative estimate of drug-likeness (QED) is 0.698. The Hall–Kier alpha value is -3.21. The summed E-state index contributed by atoms with van der Waals surface area (Å²) < 4.78 is 13.2. The number of benzene rings is 2. The number of hydrogen-bond donors (Lipinski definition) is 2. The number of rotatable bonds is 5. The van der Waals surface area contributed by atoms with Gasteiger partial charge in [0.1, 0.15) is 11.6 Å². The SMILES string of the molecule is Cc1cccc(C)c1Nc1ccc(NC(=O)Cc2cccc(F)c2)cn1. The fourth-order valence-corrected chi connectivity index (χ4v) is 2.72. The normalized spacial score (nSPS) is 10.4. The fourth-order valence-electron chi connectivity index (χ4n) is 2.72. The summed E-state index contributed by atoms with van der Waals surface area (Å²) in [5, 5.41) is 6.07. The van der Waals surface area contributed by atoms with E-state index in [4.69, 9.17) is 0 Å². The van der Waals surface area contributed by atoms with Crippen molar-refractivity contribution >= 4 is 23.1 Å². The second-order valence-corrected chi connectivity index (χ2v) is 6.18. The molecule has 132 valence electrons. The van der Waals surface area contributed by atoms with Crippen LogP contribution in [-0.2, 0) is 11.2 Å². The molecule has 2 N–H and O–H groups in total. The van der Waals surface area contributed by atoms with Crippen molar-refractivity contribution in [2.45, 2.75) is 20.3 Å². The Balaban J connectivity index is 1.63. The highest BCUT2D eigenvalue weighted by atomic mass is 19.1. The number of amides is 1. The lowest BCUT2D eigenvalue weighted by molar-refractivity contribution is -0.115. The van der Waals surface area contributed by atoms with Gasteiger partial charge in [-0.1, -0.05) is 30.3 Å². The second-order valence-electron chi connectivity index (χ2n) is 6.18. The van der Waals surface area contributed by atoms with Gasteiger partial charge < -0.3 is 10.6 Å². The highest BCUT2D eigenvalue weighted by Crippen LogP contribution is 2.23. The minimum absolute atomic E-state index is 0.111. The zero-order valence-corrected chi connectivity index (χ0v) is 14.7. The van der Waals surface area contributed by atoms with Gasteiger partial charge in [0.15, 0.2) is 0 Å². The highest BCUT2D eigenvalue weighted by molar-refractivity contribution is 5.92. The number of nitrogens with one attached hydrogen (secondary N) is 2. The van der Waals surface area contributed by atoms with Crippen molar-refractivity contribution in [3.8, 4) is 0 Å². The van der Waals surface area contributed by atoms with Crippen LogP contribution in [0.15, 0.2) is 60.8 Å². The van der Waals surface area contributed by atoms with E-state index in [0.717, 1.165) is 16.8 Å². The van der Waals surface area contributed by atoms with Crippen LogP contribution in [0.25, 0.3) is 0 Å². The molecule has 0 bridgehead atoms. The van der Waals surface area contributed by atoms with E-state index >= 15 is 0 Å². The summed E-state index contributed by atoms with van der Waals surface area (Å²) in [7, 11) is 0. The van der Waals surface area contributed by atoms with Gasteiger partial charge in [-0.3, -0.25) is 4.79 Å². The molecule has 26 heavy (non-hydrogen) atoms. The third-order valence-corrected chi connectivity index (χ3v) is 4.04.